The van der Waals surface area contributed by atoms with Crippen LogP contribution in [-0.4, -0.2) is 28.3 Å². The van der Waals surface area contributed by atoms with Crippen LogP contribution in [0.3, 0.4) is 0 Å². The van der Waals surface area contributed by atoms with Gasteiger partial charge in [0.15, 0.2) is 5.82 Å². The lowest BCUT2D eigenvalue weighted by Crippen LogP contribution is -2.30. The molecule has 0 aliphatic carbocycles. The average Bonchev–Trinajstić information content (AvgIpc) is 2.62. The molecule has 0 spiro atoms. The molecule has 0 unspecified atom stereocenters. The second-order valence-corrected chi connectivity index (χ2v) is 7.43. The van der Waals surface area contributed by atoms with Crippen molar-refractivity contribution in [1.82, 2.24) is 15.2 Å². The van der Waals surface area contributed by atoms with E-state index in [9.17, 15) is 0 Å². The Morgan fingerprint density at radius 2 is 1.60 bits per heavy atom. The summed E-state index contributed by atoms with van der Waals surface area (Å²) in [6.45, 7) is 11.0. The molecule has 1 aliphatic rings. The van der Waals surface area contributed by atoms with E-state index in [-0.39, 0.29) is 0 Å². The number of hydrogen-bond donors (Lipinski definition) is 1. The molecular formula is C20H29N5. The number of rotatable bonds is 5. The predicted molar refractivity (Wildman–Crippen MR) is 104 cm³/mol. The molecule has 3 rings (SSSR count). The first-order valence-electron chi connectivity index (χ1n) is 9.40. The van der Waals surface area contributed by atoms with E-state index in [1.54, 1.807) is 6.20 Å². The fraction of sp³-hybridized carbons (Fsp3) is 0.550. The molecule has 0 radical (unpaired) electrons. The fourth-order valence-corrected chi connectivity index (χ4v) is 3.43. The van der Waals surface area contributed by atoms with Crippen LogP contribution in [0.25, 0.3) is 0 Å². The van der Waals surface area contributed by atoms with Crippen LogP contribution in [0.2, 0.25) is 0 Å². The van der Waals surface area contributed by atoms with Crippen LogP contribution in [0.5, 0.6) is 0 Å². The molecule has 0 amide bonds. The Balaban J connectivity index is 1.92. The third-order valence-electron chi connectivity index (χ3n) is 4.84. The van der Waals surface area contributed by atoms with E-state index in [0.29, 0.717) is 17.8 Å². The summed E-state index contributed by atoms with van der Waals surface area (Å²) in [5.41, 5.74) is 3.71. The van der Waals surface area contributed by atoms with Crippen molar-refractivity contribution in [3.63, 3.8) is 0 Å². The van der Waals surface area contributed by atoms with Crippen LogP contribution in [0.15, 0.2) is 24.4 Å². The van der Waals surface area contributed by atoms with Gasteiger partial charge in [0.25, 0.3) is 0 Å². The van der Waals surface area contributed by atoms with Gasteiger partial charge in [-0.2, -0.15) is 10.1 Å². The van der Waals surface area contributed by atoms with Crippen LogP contribution in [0.4, 0.5) is 17.5 Å². The predicted octanol–water partition coefficient (Wildman–Crippen LogP) is 4.85. The Kier molecular flexibility index (Phi) is 5.51. The van der Waals surface area contributed by atoms with Crippen molar-refractivity contribution >= 4 is 17.5 Å². The Morgan fingerprint density at radius 1 is 0.960 bits per heavy atom. The van der Waals surface area contributed by atoms with E-state index in [2.05, 4.69) is 66.3 Å². The van der Waals surface area contributed by atoms with Crippen LogP contribution in [-0.2, 0) is 0 Å². The van der Waals surface area contributed by atoms with Gasteiger partial charge in [-0.1, -0.05) is 45.9 Å². The molecule has 25 heavy (non-hydrogen) atoms. The highest BCUT2D eigenvalue weighted by molar-refractivity contribution is 5.65. The molecule has 1 aromatic heterocycles. The largest absolute Gasteiger partial charge is 0.355 e. The summed E-state index contributed by atoms with van der Waals surface area (Å²) in [6.07, 6.45) is 5.52. The number of para-hydroxylation sites is 1. The van der Waals surface area contributed by atoms with E-state index in [4.69, 9.17) is 4.98 Å². The second kappa shape index (κ2) is 7.81. The number of hydrogen-bond acceptors (Lipinski definition) is 5. The summed E-state index contributed by atoms with van der Waals surface area (Å²) in [5.74, 6) is 2.36. The summed E-state index contributed by atoms with van der Waals surface area (Å²) in [7, 11) is 0. The molecule has 1 aliphatic heterocycles. The van der Waals surface area contributed by atoms with Crippen molar-refractivity contribution < 1.29 is 0 Å². The Bertz CT molecular complexity index is 679. The van der Waals surface area contributed by atoms with Gasteiger partial charge in [0.05, 0.1) is 6.20 Å². The van der Waals surface area contributed by atoms with Gasteiger partial charge in [0.2, 0.25) is 5.95 Å². The maximum atomic E-state index is 4.73. The first-order chi connectivity index (χ1) is 12.1. The van der Waals surface area contributed by atoms with Crippen molar-refractivity contribution in [2.24, 2.45) is 0 Å². The molecular weight excluding hydrogens is 310 g/mol. The minimum Gasteiger partial charge on any atom is -0.355 e. The number of benzene rings is 1. The normalized spacial score (nSPS) is 15.0. The molecule has 0 saturated carbocycles. The van der Waals surface area contributed by atoms with Crippen molar-refractivity contribution in [2.75, 3.05) is 23.3 Å². The third-order valence-corrected chi connectivity index (χ3v) is 4.84. The molecule has 2 aromatic rings. The van der Waals surface area contributed by atoms with Crippen molar-refractivity contribution in [3.8, 4) is 0 Å². The van der Waals surface area contributed by atoms with Gasteiger partial charge in [-0.25, -0.2) is 0 Å². The molecule has 5 heteroatoms. The van der Waals surface area contributed by atoms with Crippen molar-refractivity contribution in [3.05, 3.63) is 35.5 Å². The number of aromatic nitrogens is 3. The van der Waals surface area contributed by atoms with E-state index in [0.717, 1.165) is 24.6 Å². The summed E-state index contributed by atoms with van der Waals surface area (Å²) in [4.78, 5) is 7.04. The van der Waals surface area contributed by atoms with E-state index >= 15 is 0 Å². The van der Waals surface area contributed by atoms with Gasteiger partial charge in [-0.05, 0) is 42.2 Å². The number of piperidine rings is 1. The maximum Gasteiger partial charge on any atom is 0.249 e. The van der Waals surface area contributed by atoms with Crippen LogP contribution in [0, 0.1) is 0 Å². The molecule has 5 nitrogen and oxygen atoms in total. The Morgan fingerprint density at radius 3 is 2.20 bits per heavy atom. The summed E-state index contributed by atoms with van der Waals surface area (Å²) in [6, 6.07) is 6.50. The van der Waals surface area contributed by atoms with E-state index in [1.807, 2.05) is 0 Å². The highest BCUT2D eigenvalue weighted by atomic mass is 15.3. The van der Waals surface area contributed by atoms with E-state index in [1.165, 1.54) is 30.4 Å². The Labute approximate surface area is 150 Å². The minimum atomic E-state index is 0.430. The quantitative estimate of drug-likeness (QED) is 0.843. The highest BCUT2D eigenvalue weighted by Crippen LogP contribution is 2.34. The summed E-state index contributed by atoms with van der Waals surface area (Å²) in [5, 5.41) is 11.9. The van der Waals surface area contributed by atoms with Crippen LogP contribution in [0.1, 0.15) is 69.9 Å². The first-order valence-corrected chi connectivity index (χ1v) is 9.40. The molecule has 0 bridgehead atoms. The lowest BCUT2D eigenvalue weighted by molar-refractivity contribution is 0.572. The standard InChI is InChI=1S/C20H29N5/c1-14(2)16-9-8-10-17(15(3)4)19(16)23-20-22-18(13-21-24-20)25-11-6-5-7-12-25/h8-10,13-15H,5-7,11-12H2,1-4H3,(H,22,23,24). The summed E-state index contributed by atoms with van der Waals surface area (Å²) >= 11 is 0. The molecule has 1 saturated heterocycles. The summed E-state index contributed by atoms with van der Waals surface area (Å²) < 4.78 is 0. The monoisotopic (exact) mass is 339 g/mol. The van der Waals surface area contributed by atoms with Gasteiger partial charge in [-0.15, -0.1) is 5.10 Å². The van der Waals surface area contributed by atoms with Crippen molar-refractivity contribution in [1.29, 1.82) is 0 Å². The number of anilines is 3. The lowest BCUT2D eigenvalue weighted by atomic mass is 9.93. The van der Waals surface area contributed by atoms with Gasteiger partial charge in [0, 0.05) is 18.8 Å². The molecule has 2 heterocycles. The van der Waals surface area contributed by atoms with Gasteiger partial charge in [-0.3, -0.25) is 0 Å². The van der Waals surface area contributed by atoms with Crippen LogP contribution >= 0.6 is 0 Å². The second-order valence-electron chi connectivity index (χ2n) is 7.43. The van der Waals surface area contributed by atoms with Gasteiger partial charge >= 0.3 is 0 Å². The number of nitrogens with one attached hydrogen (secondary N) is 1. The Hall–Kier alpha value is -2.17. The SMILES string of the molecule is CC(C)c1cccc(C(C)C)c1Nc1nncc(N2CCCCC2)n1. The van der Waals surface area contributed by atoms with Gasteiger partial charge in [0.1, 0.15) is 0 Å². The van der Waals surface area contributed by atoms with Crippen molar-refractivity contribution in [2.45, 2.75) is 58.8 Å². The lowest BCUT2D eigenvalue weighted by Gasteiger charge is -2.27. The topological polar surface area (TPSA) is 53.9 Å². The molecule has 1 aromatic carbocycles. The van der Waals surface area contributed by atoms with Crippen LogP contribution < -0.4 is 10.2 Å². The minimum absolute atomic E-state index is 0.430. The zero-order valence-corrected chi connectivity index (χ0v) is 15.8. The number of nitrogens with zero attached hydrogens (tertiary/aromatic N) is 4. The molecule has 1 N–H and O–H groups in total. The first kappa shape index (κ1) is 17.6. The maximum absolute atomic E-state index is 4.73. The zero-order valence-electron chi connectivity index (χ0n) is 15.8. The molecule has 134 valence electrons. The molecule has 0 atom stereocenters. The third kappa shape index (κ3) is 4.09. The van der Waals surface area contributed by atoms with Gasteiger partial charge < -0.3 is 10.2 Å². The smallest absolute Gasteiger partial charge is 0.249 e. The average molecular weight is 339 g/mol. The fourth-order valence-electron chi connectivity index (χ4n) is 3.43. The zero-order chi connectivity index (χ0) is 17.8. The molecule has 1 fully saturated rings. The van der Waals surface area contributed by atoms with E-state index < -0.39 is 0 Å². The highest BCUT2D eigenvalue weighted by Gasteiger charge is 2.17.